The number of nitrogens with one attached hydrogen (secondary N) is 3. The van der Waals surface area contributed by atoms with Gasteiger partial charge in [-0.25, -0.2) is 17.9 Å². The van der Waals surface area contributed by atoms with Crippen LogP contribution in [0.2, 0.25) is 0 Å². The van der Waals surface area contributed by atoms with Crippen LogP contribution in [-0.2, 0) is 58.9 Å². The van der Waals surface area contributed by atoms with Crippen LogP contribution < -0.4 is 16.0 Å². The highest BCUT2D eigenvalue weighted by Gasteiger charge is 2.54. The van der Waals surface area contributed by atoms with Crippen LogP contribution in [-0.4, -0.2) is 239 Å². The first-order valence-electron chi connectivity index (χ1n) is 31.1. The molecular weight excluding hydrogens is 1190 g/mol. The summed E-state index contributed by atoms with van der Waals surface area (Å²) in [5.74, 6) is -9.29. The fraction of sp³-hybridized carbons (Fsp3) is 0.717. The number of likely N-dealkylation sites (tertiary alicyclic amines) is 1. The summed E-state index contributed by atoms with van der Waals surface area (Å²) >= 11 is 0. The molecule has 3 aromatic rings. The molecule has 6 aliphatic rings. The number of aliphatic hydroxyl groups excluding tert-OH is 8. The highest BCUT2D eigenvalue weighted by Crippen LogP contribution is 2.41. The first-order chi connectivity index (χ1) is 43.2. The molecule has 500 valence electrons. The Morgan fingerprint density at radius 3 is 2.20 bits per heavy atom. The lowest BCUT2D eigenvalue weighted by Gasteiger charge is -2.46. The number of benzene rings is 1. The van der Waals surface area contributed by atoms with E-state index < -0.39 is 176 Å². The van der Waals surface area contributed by atoms with Gasteiger partial charge in [0.05, 0.1) is 62.7 Å². The van der Waals surface area contributed by atoms with Gasteiger partial charge in [-0.05, 0) is 68.7 Å². The summed E-state index contributed by atoms with van der Waals surface area (Å²) in [5.41, 5.74) is -0.0699. The minimum atomic E-state index is -1.87. The number of pyridine rings is 1. The van der Waals surface area contributed by atoms with E-state index in [-0.39, 0.29) is 62.2 Å². The topological polar surface area (TPSA) is 378 Å². The van der Waals surface area contributed by atoms with E-state index >= 15 is 0 Å². The molecule has 90 heavy (non-hydrogen) atoms. The van der Waals surface area contributed by atoms with Crippen molar-refractivity contribution in [3.63, 3.8) is 0 Å². The van der Waals surface area contributed by atoms with Gasteiger partial charge in [-0.15, -0.1) is 5.10 Å². The lowest BCUT2D eigenvalue weighted by atomic mass is 9.75. The number of ether oxygens (including phenoxy) is 7. The van der Waals surface area contributed by atoms with Gasteiger partial charge in [0.25, 0.3) is 11.8 Å². The minimum absolute atomic E-state index is 0.130. The summed E-state index contributed by atoms with van der Waals surface area (Å²) in [6.45, 7) is 3.09. The molecule has 30 heteroatoms. The Morgan fingerprint density at radius 2 is 1.54 bits per heavy atom. The molecule has 0 radical (unpaired) electrons. The quantitative estimate of drug-likeness (QED) is 0.0395. The zero-order valence-corrected chi connectivity index (χ0v) is 50.4. The van der Waals surface area contributed by atoms with E-state index in [0.717, 1.165) is 49.4 Å². The zero-order valence-electron chi connectivity index (χ0n) is 50.4. The smallest absolute Gasteiger partial charge is 0.252 e. The second-order valence-electron chi connectivity index (χ2n) is 24.4. The molecule has 6 heterocycles. The van der Waals surface area contributed by atoms with Crippen molar-refractivity contribution in [2.24, 2.45) is 23.7 Å². The summed E-state index contributed by atoms with van der Waals surface area (Å²) in [6.07, 6.45) is -14.7. The minimum Gasteiger partial charge on any atom is -0.396 e. The second-order valence-corrected chi connectivity index (χ2v) is 24.4. The van der Waals surface area contributed by atoms with Crippen molar-refractivity contribution in [3.05, 3.63) is 65.9 Å². The van der Waals surface area contributed by atoms with E-state index in [1.54, 1.807) is 23.1 Å². The Labute approximate surface area is 517 Å². The van der Waals surface area contributed by atoms with Gasteiger partial charge >= 0.3 is 0 Å². The number of amides is 4. The molecule has 12 unspecified atom stereocenters. The maximum atomic E-state index is 14.5. The number of nitrogens with zero attached hydrogens (tertiary/aromatic N) is 5. The molecule has 2 saturated carbocycles. The van der Waals surface area contributed by atoms with Gasteiger partial charge in [-0.2, -0.15) is 0 Å². The van der Waals surface area contributed by atoms with Gasteiger partial charge < -0.3 is 94.9 Å². The van der Waals surface area contributed by atoms with E-state index in [4.69, 9.17) is 33.2 Å². The maximum Gasteiger partial charge on any atom is 0.252 e. The summed E-state index contributed by atoms with van der Waals surface area (Å²) in [4.78, 5) is 62.3. The Bertz CT molecular complexity index is 2820. The predicted molar refractivity (Wildman–Crippen MR) is 305 cm³/mol. The Kier molecular flexibility index (Phi) is 24.1. The third-order valence-electron chi connectivity index (χ3n) is 18.3. The number of rotatable bonds is 24. The van der Waals surface area contributed by atoms with Gasteiger partial charge in [-0.3, -0.25) is 24.2 Å². The average molecular weight is 1280 g/mol. The number of aromatic nitrogens is 4. The third kappa shape index (κ3) is 16.1. The molecule has 2 aromatic heterocycles. The monoisotopic (exact) mass is 1280 g/mol. The summed E-state index contributed by atoms with van der Waals surface area (Å²) in [5, 5.41) is 105. The summed E-state index contributed by atoms with van der Waals surface area (Å²) < 4.78 is 87.8. The van der Waals surface area contributed by atoms with Crippen molar-refractivity contribution in [1.82, 2.24) is 40.8 Å². The number of carbonyl (C=O) groups excluding carboxylic acids is 4. The van der Waals surface area contributed by atoms with E-state index in [9.17, 15) is 73.2 Å². The van der Waals surface area contributed by atoms with Crippen molar-refractivity contribution in [1.29, 1.82) is 0 Å². The van der Waals surface area contributed by atoms with E-state index in [1.807, 2.05) is 6.92 Å². The first-order valence-corrected chi connectivity index (χ1v) is 31.1. The van der Waals surface area contributed by atoms with Crippen molar-refractivity contribution in [3.8, 4) is 11.3 Å². The molecule has 21 atom stereocenters. The standard InChI is InChI=1S/C60H85F3N8O19/c1-4-32-20-34(56(81)65-15-16-66-57(82)55(84-28-36-13-8-9-14-64-36)54-49(78)45(48(77)42(26-73)88-54)71-24-39(68-69-71)33-21-37(61)43(63)38(62)22-33)23-40(52(32)90-60-51(80)50(79)46(75)29(2)86-60)89-59-44(67-30(3)74)53(47(76)35(25-72)27-85-59)87-41(58(83)70-17-10-18-70)19-31-11-6-5-7-12-31/h8-9,13-14,21-22,24,29,31-32,34-35,40-42,44-55,59-60,72-73,75-80H,4-7,10-12,15-20,23,25-28H2,1-3H3,(H,65,81)(H,66,82)(H,67,74)/t29-,32?,34?,35?,40+,41-,42?,44?,45?,46?,47-,48-,49?,50?,51-,52?,53?,54+,55-,59-,60?/m0/s1. The third-order valence-corrected chi connectivity index (χ3v) is 18.3. The average Bonchev–Trinajstić information content (AvgIpc) is 2.32. The molecule has 0 spiro atoms. The highest BCUT2D eigenvalue weighted by molar-refractivity contribution is 5.82. The van der Waals surface area contributed by atoms with Crippen LogP contribution in [0.4, 0.5) is 13.2 Å². The zero-order chi connectivity index (χ0) is 64.5. The van der Waals surface area contributed by atoms with E-state index in [0.29, 0.717) is 43.8 Å². The van der Waals surface area contributed by atoms with Crippen LogP contribution in [0, 0.1) is 41.1 Å². The number of hydrogen-bond donors (Lipinski definition) is 11. The normalized spacial score (nSPS) is 34.1. The van der Waals surface area contributed by atoms with Gasteiger partial charge in [-0.1, -0.05) is 56.7 Å². The van der Waals surface area contributed by atoms with Crippen LogP contribution in [0.5, 0.6) is 0 Å². The number of aliphatic hydroxyl groups is 8. The van der Waals surface area contributed by atoms with Crippen LogP contribution in [0.15, 0.2) is 42.7 Å². The van der Waals surface area contributed by atoms with E-state index in [2.05, 4.69) is 31.2 Å². The molecule has 4 aliphatic heterocycles. The number of carbonyl (C=O) groups is 4. The van der Waals surface area contributed by atoms with Crippen LogP contribution in [0.3, 0.4) is 0 Å². The molecule has 11 N–H and O–H groups in total. The van der Waals surface area contributed by atoms with Crippen molar-refractivity contribution < 1.29 is 106 Å². The Balaban J connectivity index is 0.937. The van der Waals surface area contributed by atoms with Crippen LogP contribution >= 0.6 is 0 Å². The Morgan fingerprint density at radius 1 is 0.811 bits per heavy atom. The Hall–Kier alpha value is -5.42. The molecule has 0 bridgehead atoms. The van der Waals surface area contributed by atoms with Crippen LogP contribution in [0.1, 0.15) is 96.7 Å². The SMILES string of the molecule is CCC1CC(C(=O)NCCNC(=O)[C@@H](OCc2ccccn2)[C@@H]2OC(CO)[C@H](O)C(n3cc(-c4cc(F)c(F)c(F)c4)nn3)C2O)C[C@@H](O[C@@H]2OCC(CO)[C@H](O)C(O[C@@H](CC3CCCCC3)C(=O)N3CCC3)C2NC(C)=O)C1OC1O[C@@H](C)C(O)C(O)[C@@H]1O. The lowest BCUT2D eigenvalue weighted by Crippen LogP contribution is -2.62. The van der Waals surface area contributed by atoms with Gasteiger partial charge in [0.2, 0.25) is 11.8 Å². The molecule has 2 aliphatic carbocycles. The fourth-order valence-corrected chi connectivity index (χ4v) is 13.0. The molecule has 27 nitrogen and oxygen atoms in total. The summed E-state index contributed by atoms with van der Waals surface area (Å²) in [6, 6.07) is 3.39. The molecule has 9 rings (SSSR count). The number of halogens is 3. The van der Waals surface area contributed by atoms with Crippen molar-refractivity contribution in [2.75, 3.05) is 46.0 Å². The number of hydrogen-bond acceptors (Lipinski definition) is 22. The summed E-state index contributed by atoms with van der Waals surface area (Å²) in [7, 11) is 0. The van der Waals surface area contributed by atoms with Gasteiger partial charge in [0.15, 0.2) is 36.1 Å². The first kappa shape index (κ1) is 68.9. The molecule has 4 saturated heterocycles. The highest BCUT2D eigenvalue weighted by atomic mass is 19.2. The fourth-order valence-electron chi connectivity index (χ4n) is 13.0. The van der Waals surface area contributed by atoms with Crippen molar-refractivity contribution in [2.45, 2.75) is 202 Å². The van der Waals surface area contributed by atoms with Crippen molar-refractivity contribution >= 4 is 23.6 Å². The second kappa shape index (κ2) is 31.5. The molecular formula is C60H85F3N8O19. The molecule has 6 fully saturated rings. The largest absolute Gasteiger partial charge is 0.396 e. The molecule has 1 aromatic carbocycles. The van der Waals surface area contributed by atoms with Gasteiger partial charge in [0, 0.05) is 56.7 Å². The predicted octanol–water partition coefficient (Wildman–Crippen LogP) is -0.581. The maximum absolute atomic E-state index is 14.5. The lowest BCUT2D eigenvalue weighted by molar-refractivity contribution is -0.327. The van der Waals surface area contributed by atoms with Crippen LogP contribution in [0.25, 0.3) is 11.3 Å². The van der Waals surface area contributed by atoms with Gasteiger partial charge in [0.1, 0.15) is 72.7 Å². The van der Waals surface area contributed by atoms with E-state index in [1.165, 1.54) is 20.0 Å². The molecule has 4 amide bonds.